The van der Waals surface area contributed by atoms with Crippen molar-refractivity contribution in [3.63, 3.8) is 0 Å². The second-order valence-corrected chi connectivity index (χ2v) is 6.03. The number of aromatic nitrogens is 2. The van der Waals surface area contributed by atoms with Gasteiger partial charge in [0.25, 0.3) is 0 Å². The van der Waals surface area contributed by atoms with Gasteiger partial charge in [-0.15, -0.1) is 0 Å². The maximum Gasteiger partial charge on any atom is 0.227 e. The fourth-order valence-electron chi connectivity index (χ4n) is 3.42. The van der Waals surface area contributed by atoms with Crippen molar-refractivity contribution in [3.8, 4) is 0 Å². The fourth-order valence-corrected chi connectivity index (χ4v) is 3.42. The number of nitrogens with zero attached hydrogens (tertiary/aromatic N) is 3. The van der Waals surface area contributed by atoms with Crippen LogP contribution in [-0.4, -0.2) is 28.6 Å². The van der Waals surface area contributed by atoms with Gasteiger partial charge in [-0.25, -0.2) is 4.98 Å². The Bertz CT molecular complexity index is 718. The number of carbonyl (C=O) groups excluding carboxylic acids is 1. The summed E-state index contributed by atoms with van der Waals surface area (Å²) in [6.45, 7) is 1.52. The maximum atomic E-state index is 12.1. The lowest BCUT2D eigenvalue weighted by molar-refractivity contribution is -0.117. The third kappa shape index (κ3) is 2.14. The van der Waals surface area contributed by atoms with Crippen molar-refractivity contribution in [3.05, 3.63) is 18.5 Å². The van der Waals surface area contributed by atoms with Crippen LogP contribution in [0.3, 0.4) is 0 Å². The van der Waals surface area contributed by atoms with Crippen LogP contribution in [0.2, 0.25) is 0 Å². The summed E-state index contributed by atoms with van der Waals surface area (Å²) in [6.07, 6.45) is 6.57. The molecule has 0 aliphatic carbocycles. The molecule has 1 atom stereocenters. The molecule has 2 saturated heterocycles. The van der Waals surface area contributed by atoms with Gasteiger partial charge in [0.1, 0.15) is 11.7 Å². The number of rotatable bonds is 2. The first-order valence-corrected chi connectivity index (χ1v) is 7.92. The van der Waals surface area contributed by atoms with Crippen LogP contribution < -0.4 is 10.6 Å². The standard InChI is InChI=1S/C16H20N4O2/c17-11-8-12(19-6-3-4-14(19)21)16-13(9-11)20(10-18-16)15-5-1-2-7-22-15/h8-10,15H,1-7,17H2. The van der Waals surface area contributed by atoms with E-state index in [-0.39, 0.29) is 12.1 Å². The SMILES string of the molecule is Nc1cc(N2CCCC2=O)c2ncn(C3CCCCO3)c2c1. The number of hydrogen-bond donors (Lipinski definition) is 1. The van der Waals surface area contributed by atoms with Gasteiger partial charge in [-0.1, -0.05) is 0 Å². The molecule has 0 spiro atoms. The number of fused-ring (bicyclic) bond motifs is 1. The molecule has 1 aromatic carbocycles. The Labute approximate surface area is 128 Å². The van der Waals surface area contributed by atoms with E-state index in [4.69, 9.17) is 10.5 Å². The van der Waals surface area contributed by atoms with Crippen LogP contribution in [0.25, 0.3) is 11.0 Å². The molecule has 1 unspecified atom stereocenters. The van der Waals surface area contributed by atoms with Gasteiger partial charge in [-0.05, 0) is 37.8 Å². The zero-order valence-electron chi connectivity index (χ0n) is 12.5. The van der Waals surface area contributed by atoms with E-state index in [9.17, 15) is 4.79 Å². The van der Waals surface area contributed by atoms with Crippen LogP contribution in [-0.2, 0) is 9.53 Å². The van der Waals surface area contributed by atoms with Crippen molar-refractivity contribution in [1.29, 1.82) is 0 Å². The van der Waals surface area contributed by atoms with E-state index < -0.39 is 0 Å². The van der Waals surface area contributed by atoms with Crippen molar-refractivity contribution in [2.75, 3.05) is 23.8 Å². The predicted molar refractivity (Wildman–Crippen MR) is 84.6 cm³/mol. The van der Waals surface area contributed by atoms with E-state index in [2.05, 4.69) is 9.55 Å². The van der Waals surface area contributed by atoms with E-state index in [1.165, 1.54) is 0 Å². The summed E-state index contributed by atoms with van der Waals surface area (Å²) >= 11 is 0. The van der Waals surface area contributed by atoms with Crippen LogP contribution in [0.5, 0.6) is 0 Å². The quantitative estimate of drug-likeness (QED) is 0.865. The number of imidazole rings is 1. The molecular formula is C16H20N4O2. The third-order valence-corrected chi connectivity index (χ3v) is 4.51. The van der Waals surface area contributed by atoms with Crippen molar-refractivity contribution in [2.45, 2.75) is 38.3 Å². The lowest BCUT2D eigenvalue weighted by Crippen LogP contribution is -2.24. The number of benzene rings is 1. The van der Waals surface area contributed by atoms with Crippen molar-refractivity contribution < 1.29 is 9.53 Å². The third-order valence-electron chi connectivity index (χ3n) is 4.51. The predicted octanol–water partition coefficient (Wildman–Crippen LogP) is 2.44. The minimum Gasteiger partial charge on any atom is -0.399 e. The first kappa shape index (κ1) is 13.6. The van der Waals surface area contributed by atoms with Crippen molar-refractivity contribution >= 4 is 28.3 Å². The van der Waals surface area contributed by atoms with Crippen LogP contribution in [0.4, 0.5) is 11.4 Å². The Morgan fingerprint density at radius 1 is 1.27 bits per heavy atom. The monoisotopic (exact) mass is 300 g/mol. The minimum atomic E-state index is 0.0164. The summed E-state index contributed by atoms with van der Waals surface area (Å²) in [7, 11) is 0. The Morgan fingerprint density at radius 2 is 2.18 bits per heavy atom. The molecule has 6 nitrogen and oxygen atoms in total. The molecule has 116 valence electrons. The minimum absolute atomic E-state index is 0.0164. The highest BCUT2D eigenvalue weighted by Crippen LogP contribution is 2.34. The van der Waals surface area contributed by atoms with Crippen molar-refractivity contribution in [1.82, 2.24) is 9.55 Å². The highest BCUT2D eigenvalue weighted by atomic mass is 16.5. The molecule has 1 amide bonds. The van der Waals surface area contributed by atoms with Crippen LogP contribution in [0.15, 0.2) is 18.5 Å². The molecule has 4 rings (SSSR count). The molecular weight excluding hydrogens is 280 g/mol. The van der Waals surface area contributed by atoms with Crippen molar-refractivity contribution in [2.24, 2.45) is 0 Å². The number of nitrogens with two attached hydrogens (primary N) is 1. The van der Waals surface area contributed by atoms with Gasteiger partial charge >= 0.3 is 0 Å². The summed E-state index contributed by atoms with van der Waals surface area (Å²) in [5.41, 5.74) is 9.33. The molecule has 2 aromatic rings. The second-order valence-electron chi connectivity index (χ2n) is 6.03. The molecule has 0 bridgehead atoms. The van der Waals surface area contributed by atoms with Gasteiger partial charge < -0.3 is 19.9 Å². The smallest absolute Gasteiger partial charge is 0.227 e. The highest BCUT2D eigenvalue weighted by molar-refractivity contribution is 6.04. The maximum absolute atomic E-state index is 12.1. The zero-order chi connectivity index (χ0) is 15.1. The number of amides is 1. The number of hydrogen-bond acceptors (Lipinski definition) is 4. The van der Waals surface area contributed by atoms with Gasteiger partial charge in [-0.2, -0.15) is 0 Å². The summed E-state index contributed by atoms with van der Waals surface area (Å²) < 4.78 is 7.91. The molecule has 2 fully saturated rings. The Morgan fingerprint density at radius 3 is 2.91 bits per heavy atom. The Hall–Kier alpha value is -2.08. The Kier molecular flexibility index (Phi) is 3.26. The molecule has 1 aromatic heterocycles. The molecule has 6 heteroatoms. The summed E-state index contributed by atoms with van der Waals surface area (Å²) in [6, 6.07) is 3.77. The number of carbonyl (C=O) groups is 1. The number of ether oxygens (including phenoxy) is 1. The lowest BCUT2D eigenvalue weighted by atomic mass is 10.1. The zero-order valence-corrected chi connectivity index (χ0v) is 12.5. The van der Waals surface area contributed by atoms with Gasteiger partial charge in [0, 0.05) is 25.3 Å². The second kappa shape index (κ2) is 5.28. The van der Waals surface area contributed by atoms with E-state index in [0.717, 1.165) is 55.6 Å². The van der Waals surface area contributed by atoms with E-state index in [1.54, 1.807) is 4.90 Å². The van der Waals surface area contributed by atoms with Crippen LogP contribution in [0, 0.1) is 0 Å². The largest absolute Gasteiger partial charge is 0.399 e. The summed E-state index contributed by atoms with van der Waals surface area (Å²) in [5.74, 6) is 0.148. The molecule has 3 heterocycles. The van der Waals surface area contributed by atoms with E-state index in [0.29, 0.717) is 12.1 Å². The van der Waals surface area contributed by atoms with Gasteiger partial charge in [-0.3, -0.25) is 4.79 Å². The first-order valence-electron chi connectivity index (χ1n) is 7.92. The highest BCUT2D eigenvalue weighted by Gasteiger charge is 2.26. The Balaban J connectivity index is 1.82. The topological polar surface area (TPSA) is 73.4 Å². The molecule has 0 saturated carbocycles. The molecule has 2 N–H and O–H groups in total. The molecule has 2 aliphatic rings. The first-order chi connectivity index (χ1) is 10.7. The van der Waals surface area contributed by atoms with Gasteiger partial charge in [0.15, 0.2) is 0 Å². The number of anilines is 2. The van der Waals surface area contributed by atoms with Crippen LogP contribution >= 0.6 is 0 Å². The van der Waals surface area contributed by atoms with Gasteiger partial charge in [0.2, 0.25) is 5.91 Å². The average Bonchev–Trinajstić information content (AvgIpc) is 3.13. The summed E-state index contributed by atoms with van der Waals surface area (Å²) in [4.78, 5) is 18.4. The van der Waals surface area contributed by atoms with Gasteiger partial charge in [0.05, 0.1) is 17.5 Å². The summed E-state index contributed by atoms with van der Waals surface area (Å²) in [5, 5.41) is 0. The van der Waals surface area contributed by atoms with E-state index >= 15 is 0 Å². The average molecular weight is 300 g/mol. The number of nitrogen functional groups attached to an aromatic ring is 1. The normalized spacial score (nSPS) is 22.6. The lowest BCUT2D eigenvalue weighted by Gasteiger charge is -2.24. The molecule has 0 radical (unpaired) electrons. The van der Waals surface area contributed by atoms with Crippen LogP contribution in [0.1, 0.15) is 38.3 Å². The fraction of sp³-hybridized carbons (Fsp3) is 0.500. The molecule has 22 heavy (non-hydrogen) atoms. The van der Waals surface area contributed by atoms with E-state index in [1.807, 2.05) is 18.5 Å². The molecule has 2 aliphatic heterocycles.